The molecule has 0 aliphatic carbocycles. The Labute approximate surface area is 258 Å². The van der Waals surface area contributed by atoms with Gasteiger partial charge in [0.15, 0.2) is 0 Å². The van der Waals surface area contributed by atoms with E-state index in [0.29, 0.717) is 6.42 Å². The van der Waals surface area contributed by atoms with Crippen molar-refractivity contribution in [3.63, 3.8) is 0 Å². The van der Waals surface area contributed by atoms with E-state index < -0.39 is 0 Å². The van der Waals surface area contributed by atoms with Crippen LogP contribution in [0.25, 0.3) is 0 Å². The van der Waals surface area contributed by atoms with Crippen molar-refractivity contribution < 1.29 is 9.53 Å². The van der Waals surface area contributed by atoms with Gasteiger partial charge in [0, 0.05) is 19.6 Å². The Bertz CT molecular complexity index is 477. The fraction of sp³-hybridized carbons (Fsp3) is 0.919. The van der Waals surface area contributed by atoms with E-state index in [4.69, 9.17) is 16.2 Å². The number of hydrogen-bond acceptors (Lipinski definition) is 3. The molecular weight excluding hydrogens is 504 g/mol. The predicted octanol–water partition coefficient (Wildman–Crippen LogP) is 11.3. The molecule has 4 heteroatoms. The lowest BCUT2D eigenvalue weighted by molar-refractivity contribution is -0.118. The number of carbonyl (C=O) groups is 1. The SMILES string of the molecule is CCCCCCCC/C=C\CCCCCCCC(N)=O.CCCCCCCCCCCCCCCCOCCCN. The molecule has 0 aromatic rings. The number of hydrogen-bond donors (Lipinski definition) is 2. The molecule has 0 heterocycles. The van der Waals surface area contributed by atoms with Gasteiger partial charge in [0.2, 0.25) is 5.91 Å². The fourth-order valence-corrected chi connectivity index (χ4v) is 5.06. The second-order valence-electron chi connectivity index (χ2n) is 12.2. The molecule has 0 aliphatic rings. The van der Waals surface area contributed by atoms with Crippen molar-refractivity contribution in [3.05, 3.63) is 12.2 Å². The third kappa shape index (κ3) is 46.3. The second-order valence-corrected chi connectivity index (χ2v) is 12.2. The topological polar surface area (TPSA) is 78.3 Å². The van der Waals surface area contributed by atoms with Crippen LogP contribution in [0.3, 0.4) is 0 Å². The van der Waals surface area contributed by atoms with Crippen molar-refractivity contribution in [2.24, 2.45) is 11.5 Å². The van der Waals surface area contributed by atoms with E-state index in [0.717, 1.165) is 39.0 Å². The van der Waals surface area contributed by atoms with Gasteiger partial charge in [0.1, 0.15) is 0 Å². The summed E-state index contributed by atoms with van der Waals surface area (Å²) < 4.78 is 5.50. The van der Waals surface area contributed by atoms with Crippen LogP contribution in [-0.4, -0.2) is 25.7 Å². The molecule has 0 unspecified atom stereocenters. The number of carbonyl (C=O) groups excluding carboxylic acids is 1. The first-order chi connectivity index (χ1) is 20.2. The van der Waals surface area contributed by atoms with Crippen LogP contribution >= 0.6 is 0 Å². The Morgan fingerprint density at radius 3 is 1.22 bits per heavy atom. The molecule has 0 saturated carbocycles. The molecule has 0 aromatic heterocycles. The summed E-state index contributed by atoms with van der Waals surface area (Å²) in [6, 6.07) is 0. The average Bonchev–Trinajstić information content (AvgIpc) is 2.97. The molecule has 0 fully saturated rings. The number of amides is 1. The molecule has 1 amide bonds. The Balaban J connectivity index is 0. The lowest BCUT2D eigenvalue weighted by Crippen LogP contribution is -2.09. The van der Waals surface area contributed by atoms with Gasteiger partial charge in [-0.15, -0.1) is 0 Å². The molecule has 0 aromatic carbocycles. The third-order valence-electron chi connectivity index (χ3n) is 7.82. The van der Waals surface area contributed by atoms with Crippen LogP contribution in [0.2, 0.25) is 0 Å². The summed E-state index contributed by atoms with van der Waals surface area (Å²) in [6.07, 6.45) is 42.7. The number of nitrogens with two attached hydrogens (primary N) is 2. The van der Waals surface area contributed by atoms with E-state index in [1.165, 1.54) is 161 Å². The van der Waals surface area contributed by atoms with Gasteiger partial charge in [-0.05, 0) is 51.5 Å². The van der Waals surface area contributed by atoms with Gasteiger partial charge in [-0.25, -0.2) is 0 Å². The minimum atomic E-state index is -0.164. The third-order valence-corrected chi connectivity index (χ3v) is 7.82. The van der Waals surface area contributed by atoms with Crippen LogP contribution < -0.4 is 11.5 Å². The van der Waals surface area contributed by atoms with Gasteiger partial charge in [-0.1, -0.05) is 161 Å². The maximum Gasteiger partial charge on any atom is 0.217 e. The van der Waals surface area contributed by atoms with Crippen molar-refractivity contribution in [2.75, 3.05) is 19.8 Å². The maximum atomic E-state index is 10.5. The molecule has 0 spiro atoms. The number of ether oxygens (including phenoxy) is 1. The Hall–Kier alpha value is -0.870. The number of rotatable bonds is 33. The van der Waals surface area contributed by atoms with Crippen molar-refractivity contribution in [1.29, 1.82) is 0 Å². The fourth-order valence-electron chi connectivity index (χ4n) is 5.06. The molecule has 41 heavy (non-hydrogen) atoms. The highest BCUT2D eigenvalue weighted by atomic mass is 16.5. The van der Waals surface area contributed by atoms with Crippen molar-refractivity contribution in [3.8, 4) is 0 Å². The Kier molecular flexibility index (Phi) is 42.5. The minimum absolute atomic E-state index is 0.164. The highest BCUT2D eigenvalue weighted by molar-refractivity contribution is 5.73. The smallest absolute Gasteiger partial charge is 0.217 e. The summed E-state index contributed by atoms with van der Waals surface area (Å²) >= 11 is 0. The van der Waals surface area contributed by atoms with E-state index in [-0.39, 0.29) is 5.91 Å². The summed E-state index contributed by atoms with van der Waals surface area (Å²) in [4.78, 5) is 10.5. The summed E-state index contributed by atoms with van der Waals surface area (Å²) in [6.45, 7) is 7.07. The Morgan fingerprint density at radius 2 is 0.829 bits per heavy atom. The summed E-state index contributed by atoms with van der Waals surface area (Å²) in [5.74, 6) is -0.164. The lowest BCUT2D eigenvalue weighted by Gasteiger charge is -2.04. The molecule has 4 N–H and O–H groups in total. The van der Waals surface area contributed by atoms with Crippen molar-refractivity contribution >= 4 is 5.91 Å². The van der Waals surface area contributed by atoms with Crippen LogP contribution in [0, 0.1) is 0 Å². The maximum absolute atomic E-state index is 10.5. The zero-order valence-electron chi connectivity index (χ0n) is 28.3. The normalized spacial score (nSPS) is 11.2. The Morgan fingerprint density at radius 1 is 0.488 bits per heavy atom. The number of allylic oxidation sites excluding steroid dienone is 2. The predicted molar refractivity (Wildman–Crippen MR) is 183 cm³/mol. The molecule has 4 nitrogen and oxygen atoms in total. The zero-order valence-corrected chi connectivity index (χ0v) is 28.3. The molecule has 0 aliphatic heterocycles. The quantitative estimate of drug-likeness (QED) is 0.0598. The molecule has 0 bridgehead atoms. The van der Waals surface area contributed by atoms with Crippen LogP contribution in [0.1, 0.15) is 200 Å². The minimum Gasteiger partial charge on any atom is -0.381 e. The largest absolute Gasteiger partial charge is 0.381 e. The van der Waals surface area contributed by atoms with Crippen LogP contribution in [0.5, 0.6) is 0 Å². The highest BCUT2D eigenvalue weighted by Crippen LogP contribution is 2.13. The number of primary amides is 1. The number of unbranched alkanes of at least 4 members (excludes halogenated alkanes) is 24. The van der Waals surface area contributed by atoms with Gasteiger partial charge >= 0.3 is 0 Å². The lowest BCUT2D eigenvalue weighted by atomic mass is 10.0. The summed E-state index contributed by atoms with van der Waals surface area (Å²) in [7, 11) is 0. The monoisotopic (exact) mass is 581 g/mol. The molecular formula is C37H76N2O2. The van der Waals surface area contributed by atoms with Crippen LogP contribution in [-0.2, 0) is 9.53 Å². The average molecular weight is 581 g/mol. The molecule has 0 radical (unpaired) electrons. The van der Waals surface area contributed by atoms with Gasteiger partial charge in [-0.3, -0.25) is 4.79 Å². The van der Waals surface area contributed by atoms with Crippen molar-refractivity contribution in [1.82, 2.24) is 0 Å². The summed E-state index contributed by atoms with van der Waals surface area (Å²) in [5.41, 5.74) is 10.5. The molecule has 0 rings (SSSR count). The van der Waals surface area contributed by atoms with Gasteiger partial charge in [0.05, 0.1) is 0 Å². The highest BCUT2D eigenvalue weighted by Gasteiger charge is 1.96. The van der Waals surface area contributed by atoms with Crippen molar-refractivity contribution in [2.45, 2.75) is 200 Å². The van der Waals surface area contributed by atoms with E-state index in [1.807, 2.05) is 0 Å². The van der Waals surface area contributed by atoms with Gasteiger partial charge < -0.3 is 16.2 Å². The van der Waals surface area contributed by atoms with E-state index in [9.17, 15) is 4.79 Å². The zero-order chi connectivity index (χ0) is 30.3. The first kappa shape index (κ1) is 42.3. The van der Waals surface area contributed by atoms with E-state index in [2.05, 4.69) is 26.0 Å². The second kappa shape index (κ2) is 41.3. The molecule has 0 saturated heterocycles. The van der Waals surface area contributed by atoms with Crippen LogP contribution in [0.4, 0.5) is 0 Å². The van der Waals surface area contributed by atoms with E-state index >= 15 is 0 Å². The van der Waals surface area contributed by atoms with E-state index in [1.54, 1.807) is 0 Å². The first-order valence-electron chi connectivity index (χ1n) is 18.4. The van der Waals surface area contributed by atoms with Gasteiger partial charge in [0.25, 0.3) is 0 Å². The van der Waals surface area contributed by atoms with Gasteiger partial charge in [-0.2, -0.15) is 0 Å². The molecule has 246 valence electrons. The molecule has 0 atom stereocenters. The summed E-state index contributed by atoms with van der Waals surface area (Å²) in [5, 5.41) is 0. The first-order valence-corrected chi connectivity index (χ1v) is 18.4. The standard InChI is InChI=1S/C19H41NO.C18H35NO/c1-2-3-4-5-6-7-8-9-10-11-12-13-14-15-18-21-19-16-17-20;1-2-3-4-5-6-7-8-9-10-11-12-13-14-15-16-17-18(19)20/h2-20H2,1H3;9-10H,2-8,11-17H2,1H3,(H2,19,20)/b;10-9-. The van der Waals surface area contributed by atoms with Crippen LogP contribution in [0.15, 0.2) is 12.2 Å².